The van der Waals surface area contributed by atoms with Gasteiger partial charge in [0.05, 0.1) is 12.6 Å². The van der Waals surface area contributed by atoms with E-state index in [0.29, 0.717) is 18.3 Å². The molecule has 1 aromatic heterocycles. The number of aliphatic hydroxyl groups excluding tert-OH is 1. The summed E-state index contributed by atoms with van der Waals surface area (Å²) in [5.74, 6) is 2.09. The van der Waals surface area contributed by atoms with Gasteiger partial charge in [0.1, 0.15) is 12.4 Å². The maximum Gasteiger partial charge on any atom is 0.156 e. The fourth-order valence-corrected chi connectivity index (χ4v) is 2.76. The maximum atomic E-state index is 9.63. The Kier molecular flexibility index (Phi) is 4.71. The van der Waals surface area contributed by atoms with Crippen molar-refractivity contribution in [3.63, 3.8) is 0 Å². The van der Waals surface area contributed by atoms with Crippen LogP contribution in [0.5, 0.6) is 0 Å². The normalized spacial score (nSPS) is 23.7. The molecule has 0 amide bonds. The molecule has 1 N–H and O–H groups in total. The Morgan fingerprint density at radius 3 is 2.95 bits per heavy atom. The van der Waals surface area contributed by atoms with Crippen LogP contribution in [0.4, 0.5) is 5.82 Å². The third-order valence-corrected chi connectivity index (χ3v) is 3.76. The Balaban J connectivity index is 2.28. The highest BCUT2D eigenvalue weighted by molar-refractivity contribution is 5.42. The molecule has 106 valence electrons. The number of hydrogen-bond donors (Lipinski definition) is 1. The number of anilines is 1. The van der Waals surface area contributed by atoms with E-state index >= 15 is 0 Å². The molecular weight excluding hydrogens is 242 g/mol. The van der Waals surface area contributed by atoms with E-state index in [4.69, 9.17) is 4.74 Å². The van der Waals surface area contributed by atoms with E-state index in [-0.39, 0.29) is 12.6 Å². The Bertz CT molecular complexity index is 425. The fraction of sp³-hybridized carbons (Fsp3) is 0.714. The fourth-order valence-electron chi connectivity index (χ4n) is 2.76. The number of aliphatic hydroxyl groups is 1. The molecule has 0 radical (unpaired) electrons. The lowest BCUT2D eigenvalue weighted by Crippen LogP contribution is -2.47. The van der Waals surface area contributed by atoms with Crippen molar-refractivity contribution in [2.45, 2.75) is 39.3 Å². The number of piperidine rings is 1. The highest BCUT2D eigenvalue weighted by Crippen LogP contribution is 2.27. The van der Waals surface area contributed by atoms with Gasteiger partial charge in [0.25, 0.3) is 0 Å². The van der Waals surface area contributed by atoms with Crippen LogP contribution < -0.4 is 4.90 Å². The Labute approximate surface area is 114 Å². The van der Waals surface area contributed by atoms with Crippen molar-refractivity contribution in [3.05, 3.63) is 17.6 Å². The molecule has 2 atom stereocenters. The third kappa shape index (κ3) is 3.22. The number of aryl methyl sites for hydroxylation is 1. The van der Waals surface area contributed by atoms with Crippen molar-refractivity contribution in [2.75, 3.05) is 25.2 Å². The molecule has 5 heteroatoms. The Morgan fingerprint density at radius 1 is 1.47 bits per heavy atom. The molecule has 0 aliphatic carbocycles. The first-order valence-corrected chi connectivity index (χ1v) is 6.86. The van der Waals surface area contributed by atoms with E-state index in [2.05, 4.69) is 21.8 Å². The molecule has 0 spiro atoms. The number of rotatable bonds is 4. The molecule has 1 aliphatic heterocycles. The first kappa shape index (κ1) is 14.2. The van der Waals surface area contributed by atoms with E-state index in [0.717, 1.165) is 30.9 Å². The van der Waals surface area contributed by atoms with Crippen LogP contribution in [0.2, 0.25) is 0 Å². The van der Waals surface area contributed by atoms with Gasteiger partial charge < -0.3 is 14.7 Å². The first-order chi connectivity index (χ1) is 9.15. The predicted molar refractivity (Wildman–Crippen MR) is 74.1 cm³/mol. The molecule has 5 nitrogen and oxygen atoms in total. The van der Waals surface area contributed by atoms with E-state index in [1.165, 1.54) is 0 Å². The number of nitrogens with zero attached hydrogens (tertiary/aromatic N) is 3. The molecule has 0 bridgehead atoms. The zero-order chi connectivity index (χ0) is 13.8. The van der Waals surface area contributed by atoms with E-state index in [1.54, 1.807) is 7.11 Å². The summed E-state index contributed by atoms with van der Waals surface area (Å²) in [5.41, 5.74) is 0.937. The van der Waals surface area contributed by atoms with E-state index in [9.17, 15) is 5.11 Å². The average molecular weight is 265 g/mol. The lowest BCUT2D eigenvalue weighted by Gasteiger charge is -2.40. The van der Waals surface area contributed by atoms with Gasteiger partial charge in [0, 0.05) is 25.4 Å². The zero-order valence-electron chi connectivity index (χ0n) is 12.0. The summed E-state index contributed by atoms with van der Waals surface area (Å²) < 4.78 is 5.11. The molecule has 1 aromatic rings. The van der Waals surface area contributed by atoms with E-state index in [1.807, 2.05) is 13.0 Å². The van der Waals surface area contributed by atoms with Crippen molar-refractivity contribution >= 4 is 5.82 Å². The quantitative estimate of drug-likeness (QED) is 0.894. The molecular formula is C14H23N3O2. The van der Waals surface area contributed by atoms with Crippen LogP contribution in [-0.4, -0.2) is 41.4 Å². The number of hydrogen-bond acceptors (Lipinski definition) is 5. The van der Waals surface area contributed by atoms with Crippen molar-refractivity contribution in [3.8, 4) is 0 Å². The lowest BCUT2D eigenvalue weighted by atomic mass is 9.91. The predicted octanol–water partition coefficient (Wildman–Crippen LogP) is 1.53. The van der Waals surface area contributed by atoms with Crippen LogP contribution in [0.15, 0.2) is 6.07 Å². The summed E-state index contributed by atoms with van der Waals surface area (Å²) in [4.78, 5) is 11.1. The van der Waals surface area contributed by atoms with Crippen molar-refractivity contribution in [2.24, 2.45) is 5.92 Å². The lowest BCUT2D eigenvalue weighted by molar-refractivity contribution is 0.177. The molecule has 0 unspecified atom stereocenters. The van der Waals surface area contributed by atoms with Gasteiger partial charge >= 0.3 is 0 Å². The second-order valence-corrected chi connectivity index (χ2v) is 5.28. The number of methoxy groups -OCH3 is 1. The summed E-state index contributed by atoms with van der Waals surface area (Å²) in [6, 6.07) is 2.14. The van der Waals surface area contributed by atoms with Gasteiger partial charge in [0.15, 0.2) is 5.82 Å². The minimum atomic E-state index is 0.151. The van der Waals surface area contributed by atoms with Gasteiger partial charge in [-0.05, 0) is 25.7 Å². The zero-order valence-corrected chi connectivity index (χ0v) is 12.0. The Hall–Kier alpha value is -1.20. The monoisotopic (exact) mass is 265 g/mol. The SMILES string of the molecule is COCc1nc(C)cc(N2CCC[C@H](C)[C@@H]2CO)n1. The second-order valence-electron chi connectivity index (χ2n) is 5.28. The smallest absolute Gasteiger partial charge is 0.156 e. The highest BCUT2D eigenvalue weighted by Gasteiger charge is 2.29. The standard InChI is InChI=1S/C14H23N3O2/c1-10-5-4-6-17(12(10)8-18)14-7-11(2)15-13(16-14)9-19-3/h7,10,12,18H,4-6,8-9H2,1-3H3/t10-,12-/m0/s1. The minimum absolute atomic E-state index is 0.151. The van der Waals surface area contributed by atoms with Crippen LogP contribution >= 0.6 is 0 Å². The Morgan fingerprint density at radius 2 is 2.26 bits per heavy atom. The topological polar surface area (TPSA) is 58.5 Å². The van der Waals surface area contributed by atoms with E-state index < -0.39 is 0 Å². The summed E-state index contributed by atoms with van der Waals surface area (Å²) in [5, 5.41) is 9.63. The van der Waals surface area contributed by atoms with Gasteiger partial charge in [-0.3, -0.25) is 0 Å². The van der Waals surface area contributed by atoms with Crippen LogP contribution in [-0.2, 0) is 11.3 Å². The molecule has 2 heterocycles. The molecule has 0 saturated carbocycles. The third-order valence-electron chi connectivity index (χ3n) is 3.76. The van der Waals surface area contributed by atoms with Crippen molar-refractivity contribution in [1.29, 1.82) is 0 Å². The van der Waals surface area contributed by atoms with Crippen LogP contribution in [0, 0.1) is 12.8 Å². The van der Waals surface area contributed by atoms with Crippen LogP contribution in [0.25, 0.3) is 0 Å². The summed E-state index contributed by atoms with van der Waals surface area (Å²) in [6.07, 6.45) is 2.30. The largest absolute Gasteiger partial charge is 0.394 e. The van der Waals surface area contributed by atoms with Crippen LogP contribution in [0.3, 0.4) is 0 Å². The number of ether oxygens (including phenoxy) is 1. The van der Waals surface area contributed by atoms with Gasteiger partial charge in [-0.25, -0.2) is 9.97 Å². The second kappa shape index (κ2) is 6.30. The van der Waals surface area contributed by atoms with Crippen molar-refractivity contribution in [1.82, 2.24) is 9.97 Å². The van der Waals surface area contributed by atoms with Gasteiger partial charge in [0.2, 0.25) is 0 Å². The minimum Gasteiger partial charge on any atom is -0.394 e. The van der Waals surface area contributed by atoms with Crippen LogP contribution in [0.1, 0.15) is 31.3 Å². The van der Waals surface area contributed by atoms with Gasteiger partial charge in [-0.1, -0.05) is 6.92 Å². The molecule has 0 aromatic carbocycles. The molecule has 19 heavy (non-hydrogen) atoms. The average Bonchev–Trinajstić information content (AvgIpc) is 2.38. The summed E-state index contributed by atoms with van der Waals surface area (Å²) in [6.45, 7) is 5.69. The maximum absolute atomic E-state index is 9.63. The summed E-state index contributed by atoms with van der Waals surface area (Å²) in [7, 11) is 1.64. The molecule has 1 aliphatic rings. The van der Waals surface area contributed by atoms with Gasteiger partial charge in [-0.15, -0.1) is 0 Å². The van der Waals surface area contributed by atoms with Crippen molar-refractivity contribution < 1.29 is 9.84 Å². The van der Waals surface area contributed by atoms with Gasteiger partial charge in [-0.2, -0.15) is 0 Å². The summed E-state index contributed by atoms with van der Waals surface area (Å²) >= 11 is 0. The first-order valence-electron chi connectivity index (χ1n) is 6.86. The highest BCUT2D eigenvalue weighted by atomic mass is 16.5. The molecule has 1 fully saturated rings. The molecule has 1 saturated heterocycles. The molecule has 2 rings (SSSR count). The number of aromatic nitrogens is 2.